The van der Waals surface area contributed by atoms with E-state index in [9.17, 15) is 14.4 Å². The number of hydrogen-bond acceptors (Lipinski definition) is 6. The van der Waals surface area contributed by atoms with Crippen molar-refractivity contribution in [1.29, 1.82) is 0 Å². The van der Waals surface area contributed by atoms with Crippen molar-refractivity contribution in [3.63, 3.8) is 0 Å². The first-order chi connectivity index (χ1) is 13.4. The molecular formula is C20H24N2O5S. The van der Waals surface area contributed by atoms with Gasteiger partial charge in [0.1, 0.15) is 10.8 Å². The number of unbranched alkanes of at least 4 members (excludes halogenated alkanes) is 1. The molecular weight excluding hydrogens is 380 g/mol. The summed E-state index contributed by atoms with van der Waals surface area (Å²) in [4.78, 5) is 37.8. The number of benzene rings is 1. The zero-order chi connectivity index (χ0) is 20.7. The number of carbonyl (C=O) groups excluding carboxylic acids is 3. The zero-order valence-electron chi connectivity index (χ0n) is 16.4. The number of nitrogens with one attached hydrogen (secondary N) is 2. The second-order valence-corrected chi connectivity index (χ2v) is 7.04. The van der Waals surface area contributed by atoms with Crippen molar-refractivity contribution in [1.82, 2.24) is 5.32 Å². The first kappa shape index (κ1) is 21.4. The van der Waals surface area contributed by atoms with Crippen molar-refractivity contribution in [2.45, 2.75) is 26.7 Å². The standard InChI is InChI=1S/C20H24N2O5S/c1-5-6-11-21-18(24)16-12(2)15(20(25)27-4)19(28-16)22-17(23)13-9-7-8-10-14(13)26-3/h7-10H,5-6,11H2,1-4H3,(H,21,24)(H,22,23). The number of rotatable bonds is 8. The minimum absolute atomic E-state index is 0.177. The van der Waals surface area contributed by atoms with Gasteiger partial charge < -0.3 is 20.1 Å². The summed E-state index contributed by atoms with van der Waals surface area (Å²) < 4.78 is 10.1. The molecule has 0 bridgehead atoms. The van der Waals surface area contributed by atoms with Gasteiger partial charge in [-0.2, -0.15) is 0 Å². The summed E-state index contributed by atoms with van der Waals surface area (Å²) in [5.74, 6) is -0.928. The smallest absolute Gasteiger partial charge is 0.341 e. The van der Waals surface area contributed by atoms with Gasteiger partial charge in [0.15, 0.2) is 0 Å². The fourth-order valence-electron chi connectivity index (χ4n) is 2.63. The monoisotopic (exact) mass is 404 g/mol. The van der Waals surface area contributed by atoms with Gasteiger partial charge in [0.25, 0.3) is 11.8 Å². The van der Waals surface area contributed by atoms with Gasteiger partial charge in [-0.3, -0.25) is 9.59 Å². The number of methoxy groups -OCH3 is 2. The van der Waals surface area contributed by atoms with E-state index in [-0.39, 0.29) is 16.5 Å². The summed E-state index contributed by atoms with van der Waals surface area (Å²) >= 11 is 1.05. The van der Waals surface area contributed by atoms with Crippen LogP contribution >= 0.6 is 11.3 Å². The van der Waals surface area contributed by atoms with Crippen molar-refractivity contribution in [2.75, 3.05) is 26.1 Å². The second-order valence-electron chi connectivity index (χ2n) is 6.02. The van der Waals surface area contributed by atoms with E-state index in [2.05, 4.69) is 10.6 Å². The first-order valence-electron chi connectivity index (χ1n) is 8.88. The van der Waals surface area contributed by atoms with Gasteiger partial charge in [-0.1, -0.05) is 25.5 Å². The Morgan fingerprint density at radius 3 is 2.46 bits per heavy atom. The third-order valence-electron chi connectivity index (χ3n) is 4.14. The Hall–Kier alpha value is -2.87. The lowest BCUT2D eigenvalue weighted by molar-refractivity contribution is 0.0601. The van der Waals surface area contributed by atoms with Crippen molar-refractivity contribution in [3.05, 3.63) is 45.8 Å². The van der Waals surface area contributed by atoms with Crippen LogP contribution in [-0.4, -0.2) is 38.5 Å². The van der Waals surface area contributed by atoms with Crippen LogP contribution in [0.25, 0.3) is 0 Å². The van der Waals surface area contributed by atoms with Gasteiger partial charge in [-0.25, -0.2) is 4.79 Å². The van der Waals surface area contributed by atoms with Gasteiger partial charge in [-0.15, -0.1) is 11.3 Å². The average Bonchev–Trinajstić information content (AvgIpc) is 3.03. The van der Waals surface area contributed by atoms with E-state index in [0.29, 0.717) is 28.3 Å². The van der Waals surface area contributed by atoms with Gasteiger partial charge in [0.2, 0.25) is 0 Å². The summed E-state index contributed by atoms with van der Waals surface area (Å²) in [5.41, 5.74) is 0.971. The quantitative estimate of drug-likeness (QED) is 0.518. The molecule has 28 heavy (non-hydrogen) atoms. The number of carbonyl (C=O) groups is 3. The molecule has 1 heterocycles. The number of amides is 2. The molecule has 2 amide bonds. The number of thiophene rings is 1. The molecule has 2 N–H and O–H groups in total. The van der Waals surface area contributed by atoms with Crippen LogP contribution in [0, 0.1) is 6.92 Å². The largest absolute Gasteiger partial charge is 0.496 e. The maximum Gasteiger partial charge on any atom is 0.341 e. The van der Waals surface area contributed by atoms with E-state index in [0.717, 1.165) is 24.2 Å². The van der Waals surface area contributed by atoms with Crippen LogP contribution in [0.15, 0.2) is 24.3 Å². The molecule has 0 saturated carbocycles. The normalized spacial score (nSPS) is 10.3. The van der Waals surface area contributed by atoms with E-state index in [4.69, 9.17) is 9.47 Å². The highest BCUT2D eigenvalue weighted by Crippen LogP contribution is 2.34. The number of esters is 1. The second kappa shape index (κ2) is 9.89. The predicted octanol–water partition coefficient (Wildman–Crippen LogP) is 3.63. The van der Waals surface area contributed by atoms with Crippen LogP contribution in [0.3, 0.4) is 0 Å². The minimum Gasteiger partial charge on any atom is -0.496 e. The summed E-state index contributed by atoms with van der Waals surface area (Å²) in [6.45, 7) is 4.24. The van der Waals surface area contributed by atoms with Crippen LogP contribution in [-0.2, 0) is 4.74 Å². The summed E-state index contributed by atoms with van der Waals surface area (Å²) in [6.07, 6.45) is 1.81. The molecule has 0 aliphatic rings. The summed E-state index contributed by atoms with van der Waals surface area (Å²) in [7, 11) is 2.73. The predicted molar refractivity (Wildman–Crippen MR) is 109 cm³/mol. The van der Waals surface area contributed by atoms with Crippen LogP contribution in [0.2, 0.25) is 0 Å². The highest BCUT2D eigenvalue weighted by Gasteiger charge is 2.27. The molecule has 0 radical (unpaired) electrons. The molecule has 7 nitrogen and oxygen atoms in total. The molecule has 150 valence electrons. The number of ether oxygens (including phenoxy) is 2. The van der Waals surface area contributed by atoms with Gasteiger partial charge in [-0.05, 0) is 31.0 Å². The molecule has 2 rings (SSSR count). The topological polar surface area (TPSA) is 93.7 Å². The van der Waals surface area contributed by atoms with Gasteiger partial charge >= 0.3 is 5.97 Å². The first-order valence-corrected chi connectivity index (χ1v) is 9.70. The van der Waals surface area contributed by atoms with Crippen molar-refractivity contribution >= 4 is 34.1 Å². The Morgan fingerprint density at radius 1 is 1.11 bits per heavy atom. The molecule has 0 saturated heterocycles. The van der Waals surface area contributed by atoms with Crippen LogP contribution in [0.4, 0.5) is 5.00 Å². The lowest BCUT2D eigenvalue weighted by Gasteiger charge is -2.09. The van der Waals surface area contributed by atoms with E-state index in [1.54, 1.807) is 31.2 Å². The van der Waals surface area contributed by atoms with Crippen LogP contribution < -0.4 is 15.4 Å². The van der Waals surface area contributed by atoms with Crippen LogP contribution in [0.5, 0.6) is 5.75 Å². The van der Waals surface area contributed by atoms with Crippen molar-refractivity contribution in [3.8, 4) is 5.75 Å². The van der Waals surface area contributed by atoms with Gasteiger partial charge in [0, 0.05) is 6.54 Å². The Bertz CT molecular complexity index is 875. The lowest BCUT2D eigenvalue weighted by Crippen LogP contribution is -2.24. The van der Waals surface area contributed by atoms with E-state index >= 15 is 0 Å². The number of hydrogen-bond donors (Lipinski definition) is 2. The molecule has 0 aliphatic heterocycles. The third-order valence-corrected chi connectivity index (χ3v) is 5.34. The molecule has 1 aromatic carbocycles. The average molecular weight is 404 g/mol. The molecule has 2 aromatic rings. The lowest BCUT2D eigenvalue weighted by atomic mass is 10.1. The highest BCUT2D eigenvalue weighted by molar-refractivity contribution is 7.18. The van der Waals surface area contributed by atoms with Crippen molar-refractivity contribution in [2.24, 2.45) is 0 Å². The van der Waals surface area contributed by atoms with E-state index in [1.807, 2.05) is 6.92 Å². The minimum atomic E-state index is -0.614. The number of anilines is 1. The van der Waals surface area contributed by atoms with Crippen LogP contribution in [0.1, 0.15) is 55.7 Å². The maximum atomic E-state index is 12.7. The van der Waals surface area contributed by atoms with Gasteiger partial charge in [0.05, 0.1) is 30.2 Å². The van der Waals surface area contributed by atoms with E-state index < -0.39 is 11.9 Å². The SMILES string of the molecule is CCCCNC(=O)c1sc(NC(=O)c2ccccc2OC)c(C(=O)OC)c1C. The molecule has 0 aliphatic carbocycles. The Kier molecular flexibility index (Phi) is 7.57. The van der Waals surface area contributed by atoms with Crippen molar-refractivity contribution < 1.29 is 23.9 Å². The Balaban J connectivity index is 2.37. The molecule has 0 fully saturated rings. The summed E-state index contributed by atoms with van der Waals surface area (Å²) in [6, 6.07) is 6.75. The Labute approximate surface area is 168 Å². The number of para-hydroxylation sites is 1. The molecule has 1 aromatic heterocycles. The third kappa shape index (κ3) is 4.69. The molecule has 0 atom stereocenters. The molecule has 0 unspecified atom stereocenters. The highest BCUT2D eigenvalue weighted by atomic mass is 32.1. The fraction of sp³-hybridized carbons (Fsp3) is 0.350. The fourth-order valence-corrected chi connectivity index (χ4v) is 3.73. The zero-order valence-corrected chi connectivity index (χ0v) is 17.2. The maximum absolute atomic E-state index is 12.7. The molecule has 8 heteroatoms. The Morgan fingerprint density at radius 2 is 1.82 bits per heavy atom. The summed E-state index contributed by atoms with van der Waals surface area (Å²) in [5, 5.41) is 5.81. The molecule has 0 spiro atoms. The van der Waals surface area contributed by atoms with E-state index in [1.165, 1.54) is 14.2 Å².